The van der Waals surface area contributed by atoms with Gasteiger partial charge in [-0.3, -0.25) is 9.97 Å². The predicted molar refractivity (Wildman–Crippen MR) is 86.0 cm³/mol. The number of hydrogen-bond acceptors (Lipinski definition) is 3. The molecule has 0 unspecified atom stereocenters. The Balaban J connectivity index is 1.87. The fourth-order valence-corrected chi connectivity index (χ4v) is 2.52. The van der Waals surface area contributed by atoms with Gasteiger partial charge in [-0.2, -0.15) is 0 Å². The fraction of sp³-hybridized carbons (Fsp3) is 0.0667. The van der Waals surface area contributed by atoms with E-state index < -0.39 is 0 Å². The van der Waals surface area contributed by atoms with E-state index in [2.05, 4.69) is 31.2 Å². The average molecular weight is 349 g/mol. The summed E-state index contributed by atoms with van der Waals surface area (Å²) >= 11 is 9.39. The molecule has 5 heteroatoms. The standard InChI is InChI=1S/C15H11BrClN3/c16-11-7-14-15(20-9-11)13(4-5-18-14)19-8-10-2-1-3-12(17)6-10/h1-7,9H,8H2,(H,18,19). The highest BCUT2D eigenvalue weighted by molar-refractivity contribution is 9.10. The summed E-state index contributed by atoms with van der Waals surface area (Å²) in [6, 6.07) is 11.7. The van der Waals surface area contributed by atoms with Crippen molar-refractivity contribution in [3.05, 3.63) is 63.9 Å². The molecule has 0 amide bonds. The zero-order chi connectivity index (χ0) is 13.9. The van der Waals surface area contributed by atoms with Crippen LogP contribution in [-0.4, -0.2) is 9.97 Å². The molecule has 20 heavy (non-hydrogen) atoms. The number of aromatic nitrogens is 2. The summed E-state index contributed by atoms with van der Waals surface area (Å²) in [5.41, 5.74) is 3.80. The van der Waals surface area contributed by atoms with Gasteiger partial charge in [-0.25, -0.2) is 0 Å². The van der Waals surface area contributed by atoms with Crippen molar-refractivity contribution >= 4 is 44.3 Å². The number of pyridine rings is 2. The van der Waals surface area contributed by atoms with Crippen LogP contribution in [0.1, 0.15) is 5.56 Å². The molecule has 0 aliphatic rings. The number of halogens is 2. The Morgan fingerprint density at radius 1 is 1.15 bits per heavy atom. The van der Waals surface area contributed by atoms with Gasteiger partial charge in [0.25, 0.3) is 0 Å². The van der Waals surface area contributed by atoms with Crippen LogP contribution >= 0.6 is 27.5 Å². The molecule has 0 fully saturated rings. The van der Waals surface area contributed by atoms with Crippen molar-refractivity contribution in [2.45, 2.75) is 6.54 Å². The molecule has 2 heterocycles. The first-order chi connectivity index (χ1) is 9.72. The van der Waals surface area contributed by atoms with Gasteiger partial charge in [0.1, 0.15) is 5.52 Å². The first-order valence-corrected chi connectivity index (χ1v) is 7.28. The van der Waals surface area contributed by atoms with Crippen LogP contribution in [0.2, 0.25) is 5.02 Å². The number of anilines is 1. The number of hydrogen-bond donors (Lipinski definition) is 1. The highest BCUT2D eigenvalue weighted by atomic mass is 79.9. The molecule has 0 saturated carbocycles. The highest BCUT2D eigenvalue weighted by Gasteiger charge is 2.04. The third-order valence-electron chi connectivity index (χ3n) is 2.92. The summed E-state index contributed by atoms with van der Waals surface area (Å²) in [6.45, 7) is 0.692. The van der Waals surface area contributed by atoms with Crippen molar-refractivity contribution in [3.8, 4) is 0 Å². The second kappa shape index (κ2) is 5.77. The second-order valence-electron chi connectivity index (χ2n) is 4.36. The Hall–Kier alpha value is -1.65. The van der Waals surface area contributed by atoms with E-state index in [9.17, 15) is 0 Å². The largest absolute Gasteiger partial charge is 0.379 e. The Labute approximate surface area is 130 Å². The van der Waals surface area contributed by atoms with Gasteiger partial charge >= 0.3 is 0 Å². The molecule has 1 N–H and O–H groups in total. The van der Waals surface area contributed by atoms with Crippen LogP contribution in [0.5, 0.6) is 0 Å². The van der Waals surface area contributed by atoms with Gasteiger partial charge in [0, 0.05) is 28.4 Å². The van der Waals surface area contributed by atoms with Crippen LogP contribution in [0.15, 0.2) is 53.3 Å². The van der Waals surface area contributed by atoms with E-state index in [4.69, 9.17) is 11.6 Å². The topological polar surface area (TPSA) is 37.8 Å². The van der Waals surface area contributed by atoms with Crippen LogP contribution in [0.4, 0.5) is 5.69 Å². The van der Waals surface area contributed by atoms with Crippen LogP contribution in [0.25, 0.3) is 11.0 Å². The number of benzene rings is 1. The monoisotopic (exact) mass is 347 g/mol. The number of nitrogens with one attached hydrogen (secondary N) is 1. The highest BCUT2D eigenvalue weighted by Crippen LogP contribution is 2.22. The zero-order valence-corrected chi connectivity index (χ0v) is 12.8. The second-order valence-corrected chi connectivity index (χ2v) is 5.72. The molecule has 0 atom stereocenters. The third kappa shape index (κ3) is 2.92. The average Bonchev–Trinajstić information content (AvgIpc) is 2.44. The molecule has 2 aromatic heterocycles. The van der Waals surface area contributed by atoms with Crippen molar-refractivity contribution < 1.29 is 0 Å². The first kappa shape index (κ1) is 13.3. The van der Waals surface area contributed by atoms with Crippen LogP contribution in [0.3, 0.4) is 0 Å². The molecule has 0 aliphatic heterocycles. The minimum atomic E-state index is 0.692. The molecule has 0 aliphatic carbocycles. The van der Waals surface area contributed by atoms with Crippen molar-refractivity contribution in [2.24, 2.45) is 0 Å². The van der Waals surface area contributed by atoms with Crippen molar-refractivity contribution in [1.29, 1.82) is 0 Å². The van der Waals surface area contributed by atoms with E-state index in [0.29, 0.717) is 6.54 Å². The molecule has 0 bridgehead atoms. The molecule has 3 rings (SSSR count). The van der Waals surface area contributed by atoms with Gasteiger partial charge < -0.3 is 5.32 Å². The maximum absolute atomic E-state index is 5.98. The van der Waals surface area contributed by atoms with Gasteiger partial charge in [0.15, 0.2) is 0 Å². The Morgan fingerprint density at radius 2 is 2.05 bits per heavy atom. The van der Waals surface area contributed by atoms with Crippen molar-refractivity contribution in [3.63, 3.8) is 0 Å². The smallest absolute Gasteiger partial charge is 0.112 e. The van der Waals surface area contributed by atoms with Crippen molar-refractivity contribution in [2.75, 3.05) is 5.32 Å². The predicted octanol–water partition coefficient (Wildman–Crippen LogP) is 4.66. The Kier molecular flexibility index (Phi) is 3.85. The summed E-state index contributed by atoms with van der Waals surface area (Å²) in [5.74, 6) is 0. The summed E-state index contributed by atoms with van der Waals surface area (Å²) < 4.78 is 0.921. The normalized spacial score (nSPS) is 10.7. The van der Waals surface area contributed by atoms with Gasteiger partial charge in [0.2, 0.25) is 0 Å². The molecule has 0 spiro atoms. The van der Waals surface area contributed by atoms with E-state index in [1.807, 2.05) is 36.4 Å². The molecule has 1 aromatic carbocycles. The molecule has 0 radical (unpaired) electrons. The lowest BCUT2D eigenvalue weighted by molar-refractivity contribution is 1.15. The molecule has 100 valence electrons. The lowest BCUT2D eigenvalue weighted by atomic mass is 10.2. The number of fused-ring (bicyclic) bond motifs is 1. The maximum atomic E-state index is 5.98. The summed E-state index contributed by atoms with van der Waals surface area (Å²) in [4.78, 5) is 8.73. The summed E-state index contributed by atoms with van der Waals surface area (Å²) in [6.07, 6.45) is 3.55. The summed E-state index contributed by atoms with van der Waals surface area (Å²) in [7, 11) is 0. The van der Waals surface area contributed by atoms with E-state index in [1.54, 1.807) is 12.4 Å². The molecule has 0 saturated heterocycles. The van der Waals surface area contributed by atoms with Gasteiger partial charge in [-0.15, -0.1) is 0 Å². The van der Waals surface area contributed by atoms with Crippen molar-refractivity contribution in [1.82, 2.24) is 9.97 Å². The number of nitrogens with zero attached hydrogens (tertiary/aromatic N) is 2. The van der Waals surface area contributed by atoms with Crippen LogP contribution < -0.4 is 5.32 Å². The number of rotatable bonds is 3. The fourth-order valence-electron chi connectivity index (χ4n) is 1.99. The Bertz CT molecular complexity index is 761. The summed E-state index contributed by atoms with van der Waals surface area (Å²) in [5, 5.41) is 4.12. The van der Waals surface area contributed by atoms with Gasteiger partial charge in [-0.05, 0) is 45.8 Å². The van der Waals surface area contributed by atoms with Crippen LogP contribution in [-0.2, 0) is 6.54 Å². The van der Waals surface area contributed by atoms with E-state index in [-0.39, 0.29) is 0 Å². The molecule has 3 aromatic rings. The SMILES string of the molecule is Clc1cccc(CNc2ccnc3cc(Br)cnc23)c1. The zero-order valence-electron chi connectivity index (χ0n) is 10.5. The van der Waals surface area contributed by atoms with Gasteiger partial charge in [0.05, 0.1) is 11.2 Å². The van der Waals surface area contributed by atoms with E-state index in [1.165, 1.54) is 0 Å². The lowest BCUT2D eigenvalue weighted by Gasteiger charge is -2.09. The minimum absolute atomic E-state index is 0.692. The molecule has 3 nitrogen and oxygen atoms in total. The molecular formula is C15H11BrClN3. The van der Waals surface area contributed by atoms with E-state index >= 15 is 0 Å². The third-order valence-corrected chi connectivity index (χ3v) is 3.58. The first-order valence-electron chi connectivity index (χ1n) is 6.11. The quantitative estimate of drug-likeness (QED) is 0.748. The minimum Gasteiger partial charge on any atom is -0.379 e. The maximum Gasteiger partial charge on any atom is 0.112 e. The lowest BCUT2D eigenvalue weighted by Crippen LogP contribution is -2.01. The van der Waals surface area contributed by atoms with Gasteiger partial charge in [-0.1, -0.05) is 23.7 Å². The Morgan fingerprint density at radius 3 is 2.90 bits per heavy atom. The van der Waals surface area contributed by atoms with E-state index in [0.717, 1.165) is 31.8 Å². The van der Waals surface area contributed by atoms with Crippen LogP contribution in [0, 0.1) is 0 Å². The molecular weight excluding hydrogens is 338 g/mol.